The minimum atomic E-state index is 0.735. The summed E-state index contributed by atoms with van der Waals surface area (Å²) in [7, 11) is 0. The lowest BCUT2D eigenvalue weighted by molar-refractivity contribution is 0.431. The van der Waals surface area contributed by atoms with Gasteiger partial charge in [0.1, 0.15) is 0 Å². The average molecular weight is 120 g/mol. The van der Waals surface area contributed by atoms with Gasteiger partial charge in [-0.2, -0.15) is 0 Å². The molecule has 2 aliphatic carbocycles. The lowest BCUT2D eigenvalue weighted by Gasteiger charge is -2.18. The Hall–Kier alpha value is -0.260. The third-order valence-corrected chi connectivity index (χ3v) is 2.45. The van der Waals surface area contributed by atoms with Gasteiger partial charge in [-0.05, 0) is 43.9 Å². The molecule has 2 radical (unpaired) electrons. The van der Waals surface area contributed by atoms with Gasteiger partial charge in [-0.1, -0.05) is 12.2 Å². The molecule has 1 fully saturated rings. The highest BCUT2D eigenvalue weighted by atomic mass is 14.3. The van der Waals surface area contributed by atoms with Gasteiger partial charge in [0, 0.05) is 0 Å². The van der Waals surface area contributed by atoms with Crippen molar-refractivity contribution in [3.63, 3.8) is 0 Å². The molecule has 0 N–H and O–H groups in total. The summed E-state index contributed by atoms with van der Waals surface area (Å²) in [6.07, 6.45) is 13.5. The van der Waals surface area contributed by atoms with E-state index in [1.807, 2.05) is 0 Å². The Kier molecular flexibility index (Phi) is 1.33. The Bertz CT molecular complexity index is 124. The van der Waals surface area contributed by atoms with Crippen LogP contribution in [0.25, 0.3) is 0 Å². The molecule has 0 aromatic heterocycles. The molecule has 0 aliphatic heterocycles. The van der Waals surface area contributed by atoms with Crippen molar-refractivity contribution in [3.8, 4) is 0 Å². The van der Waals surface area contributed by atoms with Crippen LogP contribution in [-0.4, -0.2) is 0 Å². The Balaban J connectivity index is 2.10. The zero-order chi connectivity index (χ0) is 6.10. The lowest BCUT2D eigenvalue weighted by atomic mass is 9.87. The van der Waals surface area contributed by atoms with Gasteiger partial charge < -0.3 is 0 Å². The van der Waals surface area contributed by atoms with Gasteiger partial charge in [0.05, 0.1) is 0 Å². The molecule has 9 heavy (non-hydrogen) atoms. The Labute approximate surface area is 57.0 Å². The largest absolute Gasteiger partial charge is 0.0882 e. The van der Waals surface area contributed by atoms with Crippen molar-refractivity contribution in [2.75, 3.05) is 0 Å². The summed E-state index contributed by atoms with van der Waals surface area (Å²) in [5.41, 5.74) is 0. The summed E-state index contributed by atoms with van der Waals surface area (Å²) >= 11 is 0. The zero-order valence-corrected chi connectivity index (χ0v) is 5.64. The van der Waals surface area contributed by atoms with Crippen LogP contribution in [0.3, 0.4) is 0 Å². The molecule has 0 heteroatoms. The van der Waals surface area contributed by atoms with E-state index in [1.54, 1.807) is 0 Å². The fourth-order valence-electron chi connectivity index (χ4n) is 1.88. The van der Waals surface area contributed by atoms with Crippen molar-refractivity contribution in [2.24, 2.45) is 11.8 Å². The predicted octanol–water partition coefficient (Wildman–Crippen LogP) is 2.44. The molecule has 2 atom stereocenters. The Morgan fingerprint density at radius 1 is 1.33 bits per heavy atom. The first-order chi connectivity index (χ1) is 4.47. The highest BCUT2D eigenvalue weighted by Crippen LogP contribution is 2.37. The SMILES string of the molecule is [C]1CCC2CCC=CC12. The summed E-state index contributed by atoms with van der Waals surface area (Å²) in [6.45, 7) is 0. The summed E-state index contributed by atoms with van der Waals surface area (Å²) in [4.78, 5) is 0. The van der Waals surface area contributed by atoms with E-state index in [9.17, 15) is 0 Å². The third kappa shape index (κ3) is 0.910. The second-order valence-corrected chi connectivity index (χ2v) is 3.03. The Morgan fingerprint density at radius 2 is 2.33 bits per heavy atom. The fourth-order valence-corrected chi connectivity index (χ4v) is 1.88. The Morgan fingerprint density at radius 3 is 3.22 bits per heavy atom. The van der Waals surface area contributed by atoms with Crippen LogP contribution in [-0.2, 0) is 0 Å². The first-order valence-electron chi connectivity index (χ1n) is 3.87. The maximum atomic E-state index is 3.47. The van der Waals surface area contributed by atoms with Gasteiger partial charge in [0.25, 0.3) is 0 Å². The zero-order valence-electron chi connectivity index (χ0n) is 5.64. The van der Waals surface area contributed by atoms with Crippen molar-refractivity contribution in [2.45, 2.75) is 25.7 Å². The van der Waals surface area contributed by atoms with Crippen LogP contribution < -0.4 is 0 Å². The van der Waals surface area contributed by atoms with Gasteiger partial charge in [0.2, 0.25) is 0 Å². The minimum absolute atomic E-state index is 0.735. The number of allylic oxidation sites excluding steroid dienone is 2. The molecule has 0 nitrogen and oxygen atoms in total. The maximum Gasteiger partial charge on any atom is -0.00960 e. The number of rotatable bonds is 0. The average Bonchev–Trinajstić information content (AvgIpc) is 2.33. The molecule has 0 amide bonds. The van der Waals surface area contributed by atoms with Crippen molar-refractivity contribution in [1.29, 1.82) is 0 Å². The monoisotopic (exact) mass is 120 g/mol. The van der Waals surface area contributed by atoms with Crippen LogP contribution in [0.5, 0.6) is 0 Å². The quantitative estimate of drug-likeness (QED) is 0.431. The van der Waals surface area contributed by atoms with Gasteiger partial charge in [-0.3, -0.25) is 0 Å². The second-order valence-electron chi connectivity index (χ2n) is 3.03. The summed E-state index contributed by atoms with van der Waals surface area (Å²) < 4.78 is 0. The van der Waals surface area contributed by atoms with Gasteiger partial charge >= 0.3 is 0 Å². The summed E-state index contributed by atoms with van der Waals surface area (Å²) in [5, 5.41) is 0. The molecule has 0 heterocycles. The van der Waals surface area contributed by atoms with Crippen molar-refractivity contribution < 1.29 is 0 Å². The molecule has 0 bridgehead atoms. The van der Waals surface area contributed by atoms with Crippen LogP contribution in [0.1, 0.15) is 25.7 Å². The van der Waals surface area contributed by atoms with Crippen LogP contribution in [0.15, 0.2) is 12.2 Å². The van der Waals surface area contributed by atoms with E-state index < -0.39 is 0 Å². The van der Waals surface area contributed by atoms with Crippen LogP contribution in [0.4, 0.5) is 0 Å². The summed E-state index contributed by atoms with van der Waals surface area (Å²) in [5.74, 6) is 1.70. The van der Waals surface area contributed by atoms with Gasteiger partial charge in [-0.25, -0.2) is 0 Å². The lowest BCUT2D eigenvalue weighted by Crippen LogP contribution is -2.08. The molecular formula is C9H12. The topological polar surface area (TPSA) is 0 Å². The van der Waals surface area contributed by atoms with Crippen molar-refractivity contribution in [3.05, 3.63) is 18.6 Å². The van der Waals surface area contributed by atoms with Crippen molar-refractivity contribution in [1.82, 2.24) is 0 Å². The van der Waals surface area contributed by atoms with Crippen LogP contribution in [0, 0.1) is 18.3 Å². The van der Waals surface area contributed by atoms with Gasteiger partial charge in [-0.15, -0.1) is 0 Å². The standard InChI is InChI=1S/C9H12/c1-2-5-9-7-3-6-8(9)4-1/h1,4,8-9H,2-3,5,7H2. The van der Waals surface area contributed by atoms with E-state index in [1.165, 1.54) is 25.7 Å². The second kappa shape index (κ2) is 2.17. The third-order valence-electron chi connectivity index (χ3n) is 2.45. The molecule has 1 saturated carbocycles. The molecule has 48 valence electrons. The molecule has 2 rings (SSSR count). The first kappa shape index (κ1) is 5.52. The molecule has 2 unspecified atom stereocenters. The summed E-state index contributed by atoms with van der Waals surface area (Å²) in [6, 6.07) is 0. The van der Waals surface area contributed by atoms with E-state index in [-0.39, 0.29) is 0 Å². The smallest absolute Gasteiger partial charge is 0.00960 e. The number of hydrogen-bond donors (Lipinski definition) is 0. The maximum absolute atomic E-state index is 3.47. The molecule has 0 aromatic carbocycles. The predicted molar refractivity (Wildman–Crippen MR) is 37.8 cm³/mol. The fraction of sp³-hybridized carbons (Fsp3) is 0.667. The highest BCUT2D eigenvalue weighted by molar-refractivity contribution is 5.06. The van der Waals surface area contributed by atoms with Crippen LogP contribution in [0.2, 0.25) is 0 Å². The van der Waals surface area contributed by atoms with E-state index in [0.717, 1.165) is 11.8 Å². The highest BCUT2D eigenvalue weighted by Gasteiger charge is 2.26. The normalized spacial score (nSPS) is 40.9. The molecule has 0 saturated heterocycles. The molecule has 0 aromatic rings. The van der Waals surface area contributed by atoms with Crippen LogP contribution >= 0.6 is 0 Å². The first-order valence-corrected chi connectivity index (χ1v) is 3.87. The number of hydrogen-bond acceptors (Lipinski definition) is 0. The minimum Gasteiger partial charge on any atom is -0.0882 e. The number of fused-ring (bicyclic) bond motifs is 1. The van der Waals surface area contributed by atoms with Crippen molar-refractivity contribution >= 4 is 0 Å². The molecule has 2 aliphatic rings. The van der Waals surface area contributed by atoms with E-state index in [2.05, 4.69) is 18.6 Å². The molecular weight excluding hydrogens is 108 g/mol. The van der Waals surface area contributed by atoms with E-state index >= 15 is 0 Å². The van der Waals surface area contributed by atoms with E-state index in [4.69, 9.17) is 0 Å². The molecule has 0 spiro atoms. The van der Waals surface area contributed by atoms with E-state index in [0.29, 0.717) is 0 Å². The van der Waals surface area contributed by atoms with Gasteiger partial charge in [0.15, 0.2) is 0 Å².